The first kappa shape index (κ1) is 8.75. The molecular weight excluding hydrogens is 174 g/mol. The third kappa shape index (κ3) is 1.74. The quantitative estimate of drug-likeness (QED) is 0.715. The highest BCUT2D eigenvalue weighted by Crippen LogP contribution is 2.18. The van der Waals surface area contributed by atoms with Gasteiger partial charge in [0.05, 0.1) is 12.8 Å². The van der Waals surface area contributed by atoms with Crippen LogP contribution < -0.4 is 4.74 Å². The summed E-state index contributed by atoms with van der Waals surface area (Å²) in [7, 11) is 1.60. The van der Waals surface area contributed by atoms with Crippen LogP contribution in [-0.2, 0) is 0 Å². The van der Waals surface area contributed by atoms with E-state index in [0.717, 1.165) is 11.3 Å². The van der Waals surface area contributed by atoms with E-state index in [-0.39, 0.29) is 0 Å². The van der Waals surface area contributed by atoms with Crippen LogP contribution in [0.3, 0.4) is 0 Å². The van der Waals surface area contributed by atoms with Gasteiger partial charge in [-0.15, -0.1) is 0 Å². The Morgan fingerprint density at radius 3 is 2.64 bits per heavy atom. The Hall–Kier alpha value is -1.83. The monoisotopic (exact) mass is 184 g/mol. The fourth-order valence-corrected chi connectivity index (χ4v) is 1.24. The van der Waals surface area contributed by atoms with Crippen LogP contribution in [0.1, 0.15) is 0 Å². The number of pyridine rings is 1. The van der Waals surface area contributed by atoms with Crippen molar-refractivity contribution in [2.45, 2.75) is 0 Å². The zero-order chi connectivity index (χ0) is 9.80. The second-order valence-corrected chi connectivity index (χ2v) is 2.86. The molecule has 2 heteroatoms. The second-order valence-electron chi connectivity index (χ2n) is 2.86. The number of aromatic nitrogens is 1. The van der Waals surface area contributed by atoms with Crippen LogP contribution in [0.5, 0.6) is 5.88 Å². The highest BCUT2D eigenvalue weighted by atomic mass is 16.5. The molecule has 0 aliphatic carbocycles. The molecule has 2 nitrogen and oxygen atoms in total. The first-order chi connectivity index (χ1) is 6.90. The van der Waals surface area contributed by atoms with Crippen molar-refractivity contribution < 1.29 is 4.74 Å². The van der Waals surface area contributed by atoms with E-state index in [1.54, 1.807) is 13.2 Å². The minimum Gasteiger partial charge on any atom is -0.481 e. The molecule has 0 aliphatic heterocycles. The van der Waals surface area contributed by atoms with Gasteiger partial charge in [0.1, 0.15) is 0 Å². The van der Waals surface area contributed by atoms with E-state index in [1.165, 1.54) is 0 Å². The molecule has 0 N–H and O–H groups in total. The third-order valence-electron chi connectivity index (χ3n) is 1.94. The van der Waals surface area contributed by atoms with Crippen LogP contribution in [0.2, 0.25) is 0 Å². The Morgan fingerprint density at radius 2 is 1.93 bits per heavy atom. The molecule has 2 rings (SSSR count). The number of nitrogens with zero attached hydrogens (tertiary/aromatic N) is 1. The summed E-state index contributed by atoms with van der Waals surface area (Å²) in [6.07, 6.45) is 0. The highest BCUT2D eigenvalue weighted by Gasteiger charge is 1.99. The van der Waals surface area contributed by atoms with E-state index in [1.807, 2.05) is 36.4 Å². The molecule has 0 aliphatic rings. The summed E-state index contributed by atoms with van der Waals surface area (Å²) >= 11 is 0. The average Bonchev–Trinajstić information content (AvgIpc) is 2.30. The van der Waals surface area contributed by atoms with E-state index < -0.39 is 0 Å². The molecule has 0 saturated carbocycles. The van der Waals surface area contributed by atoms with Crippen molar-refractivity contribution >= 4 is 0 Å². The van der Waals surface area contributed by atoms with Crippen molar-refractivity contribution in [2.75, 3.05) is 7.11 Å². The SMILES string of the molecule is COc1c[c]cc(-c2ccccc2)n1. The molecule has 1 aromatic heterocycles. The maximum absolute atomic E-state index is 5.03. The molecule has 1 radical (unpaired) electrons. The summed E-state index contributed by atoms with van der Waals surface area (Å²) in [6.45, 7) is 0. The molecule has 1 aromatic carbocycles. The van der Waals surface area contributed by atoms with Crippen LogP contribution in [0.4, 0.5) is 0 Å². The molecular formula is C12H10NO. The number of hydrogen-bond donors (Lipinski definition) is 0. The van der Waals surface area contributed by atoms with Crippen LogP contribution in [0, 0.1) is 6.07 Å². The van der Waals surface area contributed by atoms with Crippen molar-refractivity contribution in [1.29, 1.82) is 0 Å². The molecule has 0 unspecified atom stereocenters. The van der Waals surface area contributed by atoms with E-state index in [4.69, 9.17) is 4.74 Å². The van der Waals surface area contributed by atoms with Gasteiger partial charge in [0.25, 0.3) is 0 Å². The Morgan fingerprint density at radius 1 is 1.14 bits per heavy atom. The summed E-state index contributed by atoms with van der Waals surface area (Å²) in [5.74, 6) is 0.589. The minimum atomic E-state index is 0.589. The molecule has 0 saturated heterocycles. The normalized spacial score (nSPS) is 9.79. The molecule has 2 aromatic rings. The first-order valence-electron chi connectivity index (χ1n) is 4.37. The van der Waals surface area contributed by atoms with Crippen LogP contribution in [0.25, 0.3) is 11.3 Å². The molecule has 0 atom stereocenters. The second kappa shape index (κ2) is 3.92. The van der Waals surface area contributed by atoms with Gasteiger partial charge in [-0.05, 0) is 12.1 Å². The number of ether oxygens (including phenoxy) is 1. The van der Waals surface area contributed by atoms with Crippen molar-refractivity contribution in [2.24, 2.45) is 0 Å². The summed E-state index contributed by atoms with van der Waals surface area (Å²) in [4.78, 5) is 4.31. The van der Waals surface area contributed by atoms with Crippen LogP contribution in [0.15, 0.2) is 42.5 Å². The van der Waals surface area contributed by atoms with E-state index in [2.05, 4.69) is 11.1 Å². The van der Waals surface area contributed by atoms with Gasteiger partial charge in [-0.1, -0.05) is 30.3 Å². The number of benzene rings is 1. The summed E-state index contributed by atoms with van der Waals surface area (Å²) in [5.41, 5.74) is 1.95. The number of rotatable bonds is 2. The van der Waals surface area contributed by atoms with Gasteiger partial charge < -0.3 is 4.74 Å². The van der Waals surface area contributed by atoms with Crippen molar-refractivity contribution in [3.63, 3.8) is 0 Å². The maximum atomic E-state index is 5.03. The van der Waals surface area contributed by atoms with E-state index in [0.29, 0.717) is 5.88 Å². The van der Waals surface area contributed by atoms with Crippen molar-refractivity contribution in [1.82, 2.24) is 4.98 Å². The third-order valence-corrected chi connectivity index (χ3v) is 1.94. The highest BCUT2D eigenvalue weighted by molar-refractivity contribution is 5.58. The minimum absolute atomic E-state index is 0.589. The fourth-order valence-electron chi connectivity index (χ4n) is 1.24. The Kier molecular flexibility index (Phi) is 2.45. The van der Waals surface area contributed by atoms with Gasteiger partial charge in [0.15, 0.2) is 0 Å². The summed E-state index contributed by atoms with van der Waals surface area (Å²) in [5, 5.41) is 0. The maximum Gasteiger partial charge on any atom is 0.214 e. The largest absolute Gasteiger partial charge is 0.481 e. The van der Waals surface area contributed by atoms with Gasteiger partial charge in [0.2, 0.25) is 5.88 Å². The molecule has 69 valence electrons. The summed E-state index contributed by atoms with van der Waals surface area (Å²) in [6, 6.07) is 16.5. The molecule has 0 spiro atoms. The summed E-state index contributed by atoms with van der Waals surface area (Å²) < 4.78 is 5.03. The predicted molar refractivity (Wildman–Crippen MR) is 55.1 cm³/mol. The first-order valence-corrected chi connectivity index (χ1v) is 4.37. The zero-order valence-electron chi connectivity index (χ0n) is 7.90. The standard InChI is InChI=1S/C12H10NO/c1-14-12-9-5-8-11(13-12)10-6-3-2-4-7-10/h2-4,6-9H,1H3. The Bertz CT molecular complexity index is 412. The number of methoxy groups -OCH3 is 1. The zero-order valence-corrected chi connectivity index (χ0v) is 7.90. The molecule has 0 amide bonds. The van der Waals surface area contributed by atoms with Gasteiger partial charge in [0, 0.05) is 11.6 Å². The van der Waals surface area contributed by atoms with Gasteiger partial charge in [-0.25, -0.2) is 4.98 Å². The lowest BCUT2D eigenvalue weighted by molar-refractivity contribution is 0.398. The molecule has 0 bridgehead atoms. The van der Waals surface area contributed by atoms with Crippen molar-refractivity contribution in [3.8, 4) is 17.1 Å². The Labute approximate surface area is 83.2 Å². The lowest BCUT2D eigenvalue weighted by atomic mass is 10.1. The van der Waals surface area contributed by atoms with Crippen molar-refractivity contribution in [3.05, 3.63) is 48.5 Å². The van der Waals surface area contributed by atoms with Gasteiger partial charge in [-0.2, -0.15) is 0 Å². The molecule has 1 heterocycles. The van der Waals surface area contributed by atoms with Crippen LogP contribution in [-0.4, -0.2) is 12.1 Å². The average molecular weight is 184 g/mol. The topological polar surface area (TPSA) is 22.1 Å². The molecule has 14 heavy (non-hydrogen) atoms. The number of hydrogen-bond acceptors (Lipinski definition) is 2. The Balaban J connectivity index is 2.42. The van der Waals surface area contributed by atoms with Crippen LogP contribution >= 0.6 is 0 Å². The van der Waals surface area contributed by atoms with Gasteiger partial charge >= 0.3 is 0 Å². The predicted octanol–water partition coefficient (Wildman–Crippen LogP) is 2.56. The van der Waals surface area contributed by atoms with Gasteiger partial charge in [-0.3, -0.25) is 0 Å². The molecule has 0 fully saturated rings. The lowest BCUT2D eigenvalue weighted by Gasteiger charge is -2.02. The fraction of sp³-hybridized carbons (Fsp3) is 0.0833. The smallest absolute Gasteiger partial charge is 0.214 e. The van der Waals surface area contributed by atoms with E-state index in [9.17, 15) is 0 Å². The lowest BCUT2D eigenvalue weighted by Crippen LogP contribution is -1.89. The van der Waals surface area contributed by atoms with E-state index >= 15 is 0 Å².